The van der Waals surface area contributed by atoms with Crippen molar-refractivity contribution < 1.29 is 22.7 Å². The fraction of sp³-hybridized carbons (Fsp3) is 0.556. The first-order chi connectivity index (χ1) is 13.2. The summed E-state index contributed by atoms with van der Waals surface area (Å²) in [5.41, 5.74) is 1.26. The van der Waals surface area contributed by atoms with E-state index >= 15 is 0 Å². The number of aliphatic imine (C=N–C) groups is 1. The topological polar surface area (TPSA) is 78.0 Å². The maximum atomic E-state index is 12.4. The Morgan fingerprint density at radius 1 is 1.32 bits per heavy atom. The molecule has 28 heavy (non-hydrogen) atoms. The second-order valence-electron chi connectivity index (χ2n) is 6.51. The molecule has 10 heteroatoms. The molecule has 2 atom stereocenters. The molecule has 0 aromatic heterocycles. The zero-order chi connectivity index (χ0) is 20.7. The quantitative estimate of drug-likeness (QED) is 0.654. The lowest BCUT2D eigenvalue weighted by Crippen LogP contribution is -2.59. The summed E-state index contributed by atoms with van der Waals surface area (Å²) in [7, 11) is 1.86. The molecule has 0 aliphatic carbocycles. The van der Waals surface area contributed by atoms with E-state index in [0.29, 0.717) is 5.69 Å². The highest BCUT2D eigenvalue weighted by molar-refractivity contribution is 5.90. The van der Waals surface area contributed by atoms with Crippen molar-refractivity contribution in [2.75, 3.05) is 18.9 Å². The molecular weight excluding hydrogens is 375 g/mol. The van der Waals surface area contributed by atoms with E-state index in [4.69, 9.17) is 0 Å². The number of anilines is 1. The van der Waals surface area contributed by atoms with Crippen LogP contribution in [0.3, 0.4) is 0 Å². The van der Waals surface area contributed by atoms with Gasteiger partial charge in [0.15, 0.2) is 6.29 Å². The zero-order valence-corrected chi connectivity index (χ0v) is 16.1. The number of carbonyl (C=O) groups is 1. The van der Waals surface area contributed by atoms with E-state index in [1.54, 1.807) is 0 Å². The van der Waals surface area contributed by atoms with Crippen LogP contribution in [0.4, 0.5) is 23.7 Å². The summed E-state index contributed by atoms with van der Waals surface area (Å²) < 4.78 is 40.4. The van der Waals surface area contributed by atoms with Gasteiger partial charge < -0.3 is 20.7 Å². The third-order valence-electron chi connectivity index (χ3n) is 4.25. The van der Waals surface area contributed by atoms with Gasteiger partial charge in [0.05, 0.1) is 6.17 Å². The van der Waals surface area contributed by atoms with Crippen molar-refractivity contribution in [1.82, 2.24) is 15.5 Å². The lowest BCUT2D eigenvalue weighted by Gasteiger charge is -2.39. The minimum absolute atomic E-state index is 0.0631. The number of alkyl halides is 3. The van der Waals surface area contributed by atoms with Crippen molar-refractivity contribution in [3.05, 3.63) is 24.3 Å². The SMILES string of the molecule is CCCCN1C(NC)CC(C)=NC1NC(=O)Nc1ccc(OC(F)(F)F)cc1. The highest BCUT2D eigenvalue weighted by Gasteiger charge is 2.31. The van der Waals surface area contributed by atoms with Crippen LogP contribution in [-0.4, -0.2) is 49.1 Å². The first-order valence-electron chi connectivity index (χ1n) is 9.11. The number of carbonyl (C=O) groups excluding carboxylic acids is 1. The van der Waals surface area contributed by atoms with E-state index in [9.17, 15) is 18.0 Å². The molecule has 0 fully saturated rings. The fourth-order valence-corrected chi connectivity index (χ4v) is 2.93. The van der Waals surface area contributed by atoms with Gasteiger partial charge in [-0.1, -0.05) is 13.3 Å². The van der Waals surface area contributed by atoms with Crippen molar-refractivity contribution >= 4 is 17.4 Å². The van der Waals surface area contributed by atoms with Gasteiger partial charge in [-0.15, -0.1) is 13.2 Å². The van der Waals surface area contributed by atoms with E-state index in [1.165, 1.54) is 12.1 Å². The molecule has 156 valence electrons. The first-order valence-corrected chi connectivity index (χ1v) is 9.11. The van der Waals surface area contributed by atoms with Gasteiger partial charge >= 0.3 is 12.4 Å². The molecule has 0 radical (unpaired) electrons. The molecule has 2 amide bonds. The number of halogens is 3. The average molecular weight is 401 g/mol. The number of nitrogens with zero attached hydrogens (tertiary/aromatic N) is 2. The Morgan fingerprint density at radius 2 is 2.00 bits per heavy atom. The smallest absolute Gasteiger partial charge is 0.406 e. The third-order valence-corrected chi connectivity index (χ3v) is 4.25. The average Bonchev–Trinajstić information content (AvgIpc) is 2.60. The van der Waals surface area contributed by atoms with Crippen LogP contribution in [0.1, 0.15) is 33.1 Å². The lowest BCUT2D eigenvalue weighted by molar-refractivity contribution is -0.274. The minimum atomic E-state index is -4.75. The van der Waals surface area contributed by atoms with Gasteiger partial charge in [0.2, 0.25) is 0 Å². The maximum absolute atomic E-state index is 12.4. The predicted molar refractivity (Wildman–Crippen MR) is 101 cm³/mol. The maximum Gasteiger partial charge on any atom is 0.573 e. The summed E-state index contributed by atoms with van der Waals surface area (Å²) >= 11 is 0. The highest BCUT2D eigenvalue weighted by atomic mass is 19.4. The molecular formula is C18H26F3N5O2. The van der Waals surface area contributed by atoms with Crippen LogP contribution in [0.2, 0.25) is 0 Å². The van der Waals surface area contributed by atoms with Gasteiger partial charge in [0.1, 0.15) is 5.75 Å². The van der Waals surface area contributed by atoms with Crippen LogP contribution in [0, 0.1) is 0 Å². The summed E-state index contributed by atoms with van der Waals surface area (Å²) in [4.78, 5) is 19.0. The zero-order valence-electron chi connectivity index (χ0n) is 16.1. The number of urea groups is 1. The number of ether oxygens (including phenoxy) is 1. The van der Waals surface area contributed by atoms with E-state index in [2.05, 4.69) is 37.5 Å². The largest absolute Gasteiger partial charge is 0.573 e. The van der Waals surface area contributed by atoms with E-state index in [1.807, 2.05) is 14.0 Å². The predicted octanol–water partition coefficient (Wildman–Crippen LogP) is 3.50. The Hall–Kier alpha value is -2.33. The van der Waals surface area contributed by atoms with Crippen LogP contribution < -0.4 is 20.7 Å². The second-order valence-corrected chi connectivity index (χ2v) is 6.51. The van der Waals surface area contributed by atoms with Crippen molar-refractivity contribution in [3.8, 4) is 5.75 Å². The molecule has 0 saturated heterocycles. The van der Waals surface area contributed by atoms with Gasteiger partial charge in [0.25, 0.3) is 0 Å². The number of unbranched alkanes of at least 4 members (excludes halogenated alkanes) is 1. The number of rotatable bonds is 7. The minimum Gasteiger partial charge on any atom is -0.406 e. The number of hydrogen-bond acceptors (Lipinski definition) is 5. The van der Waals surface area contributed by atoms with Gasteiger partial charge in [0, 0.05) is 24.4 Å². The summed E-state index contributed by atoms with van der Waals surface area (Å²) in [6, 6.07) is 4.44. The molecule has 0 spiro atoms. The Bertz CT molecular complexity index is 679. The van der Waals surface area contributed by atoms with Crippen LogP contribution >= 0.6 is 0 Å². The van der Waals surface area contributed by atoms with Crippen molar-refractivity contribution in [1.29, 1.82) is 0 Å². The summed E-state index contributed by atoms with van der Waals surface area (Å²) in [6.07, 6.45) is -2.47. The van der Waals surface area contributed by atoms with E-state index < -0.39 is 18.7 Å². The Labute approximate surface area is 162 Å². The van der Waals surface area contributed by atoms with E-state index in [-0.39, 0.29) is 11.9 Å². The normalized spacial score (nSPS) is 20.4. The fourth-order valence-electron chi connectivity index (χ4n) is 2.93. The molecule has 7 nitrogen and oxygen atoms in total. The van der Waals surface area contributed by atoms with Crippen LogP contribution in [0.5, 0.6) is 5.75 Å². The summed E-state index contributed by atoms with van der Waals surface area (Å²) in [6.45, 7) is 4.77. The van der Waals surface area contributed by atoms with Crippen molar-refractivity contribution in [2.45, 2.75) is 51.9 Å². The van der Waals surface area contributed by atoms with Crippen LogP contribution in [0.25, 0.3) is 0 Å². The Balaban J connectivity index is 2.00. The molecule has 1 aromatic rings. The Kier molecular flexibility index (Phi) is 7.64. The first kappa shape index (κ1) is 22.0. The molecule has 1 aliphatic rings. The molecule has 0 saturated carbocycles. The summed E-state index contributed by atoms with van der Waals surface area (Å²) in [5.74, 6) is -0.353. The second kappa shape index (κ2) is 9.74. The number of nitrogens with one attached hydrogen (secondary N) is 3. The van der Waals surface area contributed by atoms with E-state index in [0.717, 1.165) is 43.7 Å². The molecule has 2 unspecified atom stereocenters. The number of benzene rings is 1. The Morgan fingerprint density at radius 3 is 2.57 bits per heavy atom. The molecule has 2 rings (SSSR count). The van der Waals surface area contributed by atoms with Gasteiger partial charge in [-0.2, -0.15) is 0 Å². The molecule has 0 bridgehead atoms. The summed E-state index contributed by atoms with van der Waals surface area (Å²) in [5, 5.41) is 8.65. The highest BCUT2D eigenvalue weighted by Crippen LogP contribution is 2.24. The number of hydrogen-bond donors (Lipinski definition) is 3. The van der Waals surface area contributed by atoms with Crippen molar-refractivity contribution in [3.63, 3.8) is 0 Å². The monoisotopic (exact) mass is 401 g/mol. The van der Waals surface area contributed by atoms with Crippen molar-refractivity contribution in [2.24, 2.45) is 4.99 Å². The number of amides is 2. The van der Waals surface area contributed by atoms with Crippen LogP contribution in [0.15, 0.2) is 29.3 Å². The van der Waals surface area contributed by atoms with Gasteiger partial charge in [-0.05, 0) is 44.7 Å². The molecule has 1 aliphatic heterocycles. The van der Waals surface area contributed by atoms with Gasteiger partial charge in [-0.25, -0.2) is 9.69 Å². The third kappa shape index (κ3) is 6.68. The lowest BCUT2D eigenvalue weighted by atomic mass is 10.1. The van der Waals surface area contributed by atoms with Gasteiger partial charge in [-0.3, -0.25) is 4.99 Å². The molecule has 1 aromatic carbocycles. The van der Waals surface area contributed by atoms with Crippen LogP contribution in [-0.2, 0) is 0 Å². The molecule has 1 heterocycles. The standard InChI is InChI=1S/C18H26F3N5O2/c1-4-5-10-26-15(22-3)11-12(2)23-16(26)25-17(27)24-13-6-8-14(9-7-13)28-18(19,20)21/h6-9,15-16,22H,4-5,10-11H2,1-3H3,(H2,24,25,27). The molecule has 3 N–H and O–H groups in total.